The van der Waals surface area contributed by atoms with E-state index in [4.69, 9.17) is 5.73 Å². The van der Waals surface area contributed by atoms with Gasteiger partial charge in [0.15, 0.2) is 5.82 Å². The highest BCUT2D eigenvalue weighted by Gasteiger charge is 2.12. The predicted octanol–water partition coefficient (Wildman–Crippen LogP) is 4.77. The summed E-state index contributed by atoms with van der Waals surface area (Å²) in [7, 11) is 0. The molecular weight excluding hydrogens is 322 g/mol. The van der Waals surface area contributed by atoms with Crippen LogP contribution >= 0.6 is 0 Å². The molecule has 4 rings (SSSR count). The van der Waals surface area contributed by atoms with Crippen molar-refractivity contribution >= 4 is 5.69 Å². The number of phenolic OH excluding ortho intramolecular Hbond substituents is 1. The van der Waals surface area contributed by atoms with Gasteiger partial charge in [0.05, 0.1) is 17.0 Å². The highest BCUT2D eigenvalue weighted by Crippen LogP contribution is 2.31. The Bertz CT molecular complexity index is 1040. The molecule has 0 fully saturated rings. The molecule has 26 heavy (non-hydrogen) atoms. The van der Waals surface area contributed by atoms with Crippen molar-refractivity contribution in [3.05, 3.63) is 84.9 Å². The Kier molecular flexibility index (Phi) is 4.07. The number of para-hydroxylation sites is 1. The van der Waals surface area contributed by atoms with Crippen LogP contribution in [0.15, 0.2) is 84.9 Å². The van der Waals surface area contributed by atoms with E-state index in [1.165, 1.54) is 0 Å². The van der Waals surface area contributed by atoms with Crippen LogP contribution in [-0.4, -0.2) is 15.1 Å². The summed E-state index contributed by atoms with van der Waals surface area (Å²) in [6.45, 7) is 0. The first kappa shape index (κ1) is 15.8. The molecule has 4 aromatic rings. The maximum absolute atomic E-state index is 10.2. The number of rotatable bonds is 3. The molecule has 4 heteroatoms. The molecule has 0 spiro atoms. The summed E-state index contributed by atoms with van der Waals surface area (Å²) < 4.78 is 0. The summed E-state index contributed by atoms with van der Waals surface area (Å²) in [5, 5.41) is 10.2. The van der Waals surface area contributed by atoms with Crippen molar-refractivity contribution in [2.75, 3.05) is 5.73 Å². The zero-order valence-electron chi connectivity index (χ0n) is 14.0. The molecule has 0 saturated carbocycles. The summed E-state index contributed by atoms with van der Waals surface area (Å²) in [5.74, 6) is 0.636. The van der Waals surface area contributed by atoms with Gasteiger partial charge >= 0.3 is 0 Å². The largest absolute Gasteiger partial charge is 0.507 e. The van der Waals surface area contributed by atoms with Gasteiger partial charge in [-0.3, -0.25) is 0 Å². The number of anilines is 1. The normalized spacial score (nSPS) is 10.6. The number of hydrogen-bond donors (Lipinski definition) is 2. The van der Waals surface area contributed by atoms with Crippen LogP contribution in [0.3, 0.4) is 0 Å². The van der Waals surface area contributed by atoms with E-state index in [9.17, 15) is 5.11 Å². The monoisotopic (exact) mass is 339 g/mol. The minimum Gasteiger partial charge on any atom is -0.507 e. The number of benzene rings is 3. The molecule has 0 bridgehead atoms. The SMILES string of the molecule is Nc1ccc(-c2cc(-c3ccccc3)nc(-c3ccccc3O)n2)cc1. The molecule has 1 heterocycles. The molecule has 126 valence electrons. The lowest BCUT2D eigenvalue weighted by Gasteiger charge is -2.10. The third kappa shape index (κ3) is 3.13. The first-order valence-electron chi connectivity index (χ1n) is 8.29. The standard InChI is InChI=1S/C22H17N3O/c23-17-12-10-16(11-13-17)20-14-19(15-6-2-1-3-7-15)24-22(25-20)18-8-4-5-9-21(18)26/h1-14,26H,23H2. The van der Waals surface area contributed by atoms with Crippen molar-refractivity contribution in [3.8, 4) is 39.7 Å². The van der Waals surface area contributed by atoms with Gasteiger partial charge < -0.3 is 10.8 Å². The van der Waals surface area contributed by atoms with Gasteiger partial charge in [0.25, 0.3) is 0 Å². The van der Waals surface area contributed by atoms with Crippen LogP contribution in [0.25, 0.3) is 33.9 Å². The van der Waals surface area contributed by atoms with E-state index in [1.807, 2.05) is 72.8 Å². The number of hydrogen-bond acceptors (Lipinski definition) is 4. The quantitative estimate of drug-likeness (QED) is 0.528. The average molecular weight is 339 g/mol. The Morgan fingerprint density at radius 2 is 1.23 bits per heavy atom. The molecule has 0 saturated heterocycles. The van der Waals surface area contributed by atoms with E-state index in [0.29, 0.717) is 17.1 Å². The number of aromatic nitrogens is 2. The van der Waals surface area contributed by atoms with Crippen LogP contribution in [-0.2, 0) is 0 Å². The summed E-state index contributed by atoms with van der Waals surface area (Å²) >= 11 is 0. The van der Waals surface area contributed by atoms with Gasteiger partial charge in [-0.15, -0.1) is 0 Å². The lowest BCUT2D eigenvalue weighted by atomic mass is 10.1. The molecule has 0 aliphatic heterocycles. The van der Waals surface area contributed by atoms with Crippen LogP contribution < -0.4 is 5.73 Å². The number of nitrogens with two attached hydrogens (primary N) is 1. The maximum Gasteiger partial charge on any atom is 0.164 e. The van der Waals surface area contributed by atoms with Crippen LogP contribution in [0.4, 0.5) is 5.69 Å². The van der Waals surface area contributed by atoms with E-state index in [1.54, 1.807) is 12.1 Å². The van der Waals surface area contributed by atoms with Gasteiger partial charge in [0.2, 0.25) is 0 Å². The first-order valence-corrected chi connectivity index (χ1v) is 8.29. The third-order valence-corrected chi connectivity index (χ3v) is 4.15. The van der Waals surface area contributed by atoms with Crippen molar-refractivity contribution < 1.29 is 5.11 Å². The number of phenols is 1. The molecule has 0 unspecified atom stereocenters. The summed E-state index contributed by atoms with van der Waals surface area (Å²) in [6, 6.07) is 26.5. The Balaban J connectivity index is 1.93. The zero-order valence-corrected chi connectivity index (χ0v) is 14.0. The van der Waals surface area contributed by atoms with Crippen LogP contribution in [0.5, 0.6) is 5.75 Å². The summed E-state index contributed by atoms with van der Waals surface area (Å²) in [5.41, 5.74) is 10.6. The van der Waals surface area contributed by atoms with Crippen molar-refractivity contribution in [3.63, 3.8) is 0 Å². The third-order valence-electron chi connectivity index (χ3n) is 4.15. The molecule has 0 aliphatic rings. The topological polar surface area (TPSA) is 72.0 Å². The van der Waals surface area contributed by atoms with E-state index in [0.717, 1.165) is 22.5 Å². The van der Waals surface area contributed by atoms with Gasteiger partial charge in [-0.1, -0.05) is 54.6 Å². The maximum atomic E-state index is 10.2. The van der Waals surface area contributed by atoms with Crippen molar-refractivity contribution in [2.24, 2.45) is 0 Å². The highest BCUT2D eigenvalue weighted by molar-refractivity contribution is 5.73. The molecular formula is C22H17N3O. The fraction of sp³-hybridized carbons (Fsp3) is 0. The molecule has 3 N–H and O–H groups in total. The van der Waals surface area contributed by atoms with Gasteiger partial charge in [-0.25, -0.2) is 9.97 Å². The van der Waals surface area contributed by atoms with Crippen molar-refractivity contribution in [2.45, 2.75) is 0 Å². The number of aromatic hydroxyl groups is 1. The molecule has 0 aliphatic carbocycles. The molecule has 3 aromatic carbocycles. The summed E-state index contributed by atoms with van der Waals surface area (Å²) in [6.07, 6.45) is 0. The summed E-state index contributed by atoms with van der Waals surface area (Å²) in [4.78, 5) is 9.36. The smallest absolute Gasteiger partial charge is 0.164 e. The molecule has 0 amide bonds. The van der Waals surface area contributed by atoms with Crippen LogP contribution in [0.2, 0.25) is 0 Å². The number of nitrogen functional groups attached to an aromatic ring is 1. The van der Waals surface area contributed by atoms with Crippen LogP contribution in [0, 0.1) is 0 Å². The zero-order chi connectivity index (χ0) is 17.9. The molecule has 1 aromatic heterocycles. The van der Waals surface area contributed by atoms with Gasteiger partial charge in [0.1, 0.15) is 5.75 Å². The first-order chi connectivity index (χ1) is 12.7. The molecule has 4 nitrogen and oxygen atoms in total. The predicted molar refractivity (Wildman–Crippen MR) is 104 cm³/mol. The minimum atomic E-state index is 0.154. The fourth-order valence-electron chi connectivity index (χ4n) is 2.79. The second-order valence-corrected chi connectivity index (χ2v) is 5.97. The fourth-order valence-corrected chi connectivity index (χ4v) is 2.79. The van der Waals surface area contributed by atoms with Gasteiger partial charge in [-0.2, -0.15) is 0 Å². The van der Waals surface area contributed by atoms with E-state index in [2.05, 4.69) is 9.97 Å². The molecule has 0 atom stereocenters. The Labute approximate surface area is 151 Å². The van der Waals surface area contributed by atoms with E-state index < -0.39 is 0 Å². The van der Waals surface area contributed by atoms with Crippen LogP contribution in [0.1, 0.15) is 0 Å². The number of nitrogens with zero attached hydrogens (tertiary/aromatic N) is 2. The van der Waals surface area contributed by atoms with Gasteiger partial charge in [-0.05, 0) is 30.3 Å². The van der Waals surface area contributed by atoms with E-state index in [-0.39, 0.29) is 5.75 Å². The lowest BCUT2D eigenvalue weighted by molar-refractivity contribution is 0.477. The lowest BCUT2D eigenvalue weighted by Crippen LogP contribution is -1.96. The van der Waals surface area contributed by atoms with Crippen molar-refractivity contribution in [1.82, 2.24) is 9.97 Å². The second-order valence-electron chi connectivity index (χ2n) is 5.97. The Hall–Kier alpha value is -3.66. The van der Waals surface area contributed by atoms with Gasteiger partial charge in [0, 0.05) is 16.8 Å². The Morgan fingerprint density at radius 1 is 0.654 bits per heavy atom. The highest BCUT2D eigenvalue weighted by atomic mass is 16.3. The Morgan fingerprint density at radius 3 is 1.88 bits per heavy atom. The minimum absolute atomic E-state index is 0.154. The molecule has 0 radical (unpaired) electrons. The van der Waals surface area contributed by atoms with E-state index >= 15 is 0 Å². The van der Waals surface area contributed by atoms with Crippen molar-refractivity contribution in [1.29, 1.82) is 0 Å². The second kappa shape index (κ2) is 6.69. The average Bonchev–Trinajstić information content (AvgIpc) is 2.69.